The molecule has 0 bridgehead atoms. The number of aliphatic hydroxyl groups excluding tert-OH is 1. The number of amides is 2. The summed E-state index contributed by atoms with van der Waals surface area (Å²) in [5.74, 6) is 0.496. The Kier molecular flexibility index (Phi) is 5.56. The third-order valence-corrected chi connectivity index (χ3v) is 2.92. The first-order valence-electron chi connectivity index (χ1n) is 7.03. The van der Waals surface area contributed by atoms with Crippen molar-refractivity contribution in [3.8, 4) is 0 Å². The van der Waals surface area contributed by atoms with Gasteiger partial charge in [0.05, 0.1) is 29.7 Å². The molecule has 0 spiro atoms. The van der Waals surface area contributed by atoms with Gasteiger partial charge in [-0.3, -0.25) is 4.68 Å². The monoisotopic (exact) mass is 282 g/mol. The van der Waals surface area contributed by atoms with Gasteiger partial charge < -0.3 is 15.7 Å². The van der Waals surface area contributed by atoms with Crippen LogP contribution < -0.4 is 10.6 Å². The summed E-state index contributed by atoms with van der Waals surface area (Å²) in [6.45, 7) is 10.5. The van der Waals surface area contributed by atoms with E-state index in [0.717, 1.165) is 24.3 Å². The molecule has 3 N–H and O–H groups in total. The molecule has 1 aromatic rings. The molecular weight excluding hydrogens is 256 g/mol. The Hall–Kier alpha value is -1.56. The maximum Gasteiger partial charge on any atom is 0.319 e. The topological polar surface area (TPSA) is 79.2 Å². The summed E-state index contributed by atoms with van der Waals surface area (Å²) in [7, 11) is 0. The molecule has 0 saturated heterocycles. The predicted octanol–water partition coefficient (Wildman–Crippen LogP) is 1.99. The minimum Gasteiger partial charge on any atom is -0.394 e. The maximum absolute atomic E-state index is 11.9. The number of nitrogens with zero attached hydrogens (tertiary/aromatic N) is 2. The van der Waals surface area contributed by atoms with Crippen LogP contribution in [-0.4, -0.2) is 33.1 Å². The van der Waals surface area contributed by atoms with E-state index >= 15 is 0 Å². The molecule has 2 amide bonds. The zero-order valence-electron chi connectivity index (χ0n) is 13.0. The van der Waals surface area contributed by atoms with Crippen LogP contribution in [0.2, 0.25) is 0 Å². The number of anilines is 1. The van der Waals surface area contributed by atoms with Gasteiger partial charge in [0.1, 0.15) is 0 Å². The van der Waals surface area contributed by atoms with Gasteiger partial charge in [0.2, 0.25) is 0 Å². The Labute approximate surface area is 120 Å². The van der Waals surface area contributed by atoms with Crippen LogP contribution in [0.5, 0.6) is 0 Å². The van der Waals surface area contributed by atoms with Gasteiger partial charge >= 0.3 is 6.03 Å². The van der Waals surface area contributed by atoms with Gasteiger partial charge in [0.25, 0.3) is 0 Å². The van der Waals surface area contributed by atoms with Crippen LogP contribution in [0.25, 0.3) is 0 Å². The molecule has 0 fully saturated rings. The molecule has 1 heterocycles. The van der Waals surface area contributed by atoms with Crippen molar-refractivity contribution in [3.05, 3.63) is 11.9 Å². The van der Waals surface area contributed by atoms with E-state index in [1.807, 2.05) is 11.6 Å². The SMILES string of the molecule is CCc1c(NC(=O)NC(C)(C)CO)cnn1CC(C)C. The molecule has 0 radical (unpaired) electrons. The average Bonchev–Trinajstić information content (AvgIpc) is 2.69. The molecule has 20 heavy (non-hydrogen) atoms. The van der Waals surface area contributed by atoms with Gasteiger partial charge in [-0.05, 0) is 26.2 Å². The second-order valence-electron chi connectivity index (χ2n) is 6.06. The normalized spacial score (nSPS) is 11.8. The lowest BCUT2D eigenvalue weighted by atomic mass is 10.1. The fraction of sp³-hybridized carbons (Fsp3) is 0.714. The van der Waals surface area contributed by atoms with E-state index in [4.69, 9.17) is 5.11 Å². The molecule has 0 aliphatic heterocycles. The number of aliphatic hydroxyl groups is 1. The molecule has 1 aromatic heterocycles. The molecule has 1 rings (SSSR count). The van der Waals surface area contributed by atoms with E-state index in [9.17, 15) is 4.79 Å². The first-order valence-corrected chi connectivity index (χ1v) is 7.03. The highest BCUT2D eigenvalue weighted by Gasteiger charge is 2.20. The van der Waals surface area contributed by atoms with Crippen LogP contribution in [0.4, 0.5) is 10.5 Å². The molecule has 0 unspecified atom stereocenters. The van der Waals surface area contributed by atoms with Gasteiger partial charge in [0, 0.05) is 6.54 Å². The molecule has 0 aliphatic carbocycles. The lowest BCUT2D eigenvalue weighted by molar-refractivity contribution is 0.187. The number of aromatic nitrogens is 2. The zero-order valence-corrected chi connectivity index (χ0v) is 13.0. The van der Waals surface area contributed by atoms with E-state index in [0.29, 0.717) is 5.92 Å². The molecule has 0 saturated carbocycles. The summed E-state index contributed by atoms with van der Waals surface area (Å²) in [5.41, 5.74) is 1.08. The summed E-state index contributed by atoms with van der Waals surface area (Å²) < 4.78 is 1.93. The standard InChI is InChI=1S/C14H26N4O2/c1-6-12-11(7-15-18(12)8-10(2)3)16-13(20)17-14(4,5)9-19/h7,10,19H,6,8-9H2,1-5H3,(H2,16,17,20). The van der Waals surface area contributed by atoms with E-state index in [1.165, 1.54) is 0 Å². The number of nitrogens with one attached hydrogen (secondary N) is 2. The van der Waals surface area contributed by atoms with E-state index in [-0.39, 0.29) is 12.6 Å². The zero-order chi connectivity index (χ0) is 15.3. The van der Waals surface area contributed by atoms with Gasteiger partial charge in [-0.25, -0.2) is 4.79 Å². The van der Waals surface area contributed by atoms with Crippen LogP contribution in [-0.2, 0) is 13.0 Å². The minimum absolute atomic E-state index is 0.117. The highest BCUT2D eigenvalue weighted by molar-refractivity contribution is 5.90. The van der Waals surface area contributed by atoms with Crippen molar-refractivity contribution in [1.29, 1.82) is 0 Å². The summed E-state index contributed by atoms with van der Waals surface area (Å²) >= 11 is 0. The molecule has 0 atom stereocenters. The fourth-order valence-corrected chi connectivity index (χ4v) is 1.89. The van der Waals surface area contributed by atoms with Crippen LogP contribution in [0, 0.1) is 5.92 Å². The molecule has 6 nitrogen and oxygen atoms in total. The molecular formula is C14H26N4O2. The lowest BCUT2D eigenvalue weighted by Crippen LogP contribution is -2.48. The van der Waals surface area contributed by atoms with Crippen molar-refractivity contribution in [2.75, 3.05) is 11.9 Å². The summed E-state index contributed by atoms with van der Waals surface area (Å²) in [6.07, 6.45) is 2.47. The van der Waals surface area contributed by atoms with E-state index in [1.54, 1.807) is 20.0 Å². The number of hydrogen-bond acceptors (Lipinski definition) is 3. The number of carbonyl (C=O) groups excluding carboxylic acids is 1. The number of hydrogen-bond donors (Lipinski definition) is 3. The first kappa shape index (κ1) is 16.5. The van der Waals surface area contributed by atoms with Crippen molar-refractivity contribution in [2.45, 2.75) is 53.1 Å². The van der Waals surface area contributed by atoms with Crippen LogP contribution in [0.1, 0.15) is 40.3 Å². The van der Waals surface area contributed by atoms with Crippen molar-refractivity contribution in [2.24, 2.45) is 5.92 Å². The lowest BCUT2D eigenvalue weighted by Gasteiger charge is -2.23. The Balaban J connectivity index is 2.77. The highest BCUT2D eigenvalue weighted by atomic mass is 16.3. The second-order valence-corrected chi connectivity index (χ2v) is 6.06. The van der Waals surface area contributed by atoms with Crippen LogP contribution >= 0.6 is 0 Å². The Morgan fingerprint density at radius 2 is 2.15 bits per heavy atom. The van der Waals surface area contributed by atoms with Crippen LogP contribution in [0.15, 0.2) is 6.20 Å². The van der Waals surface area contributed by atoms with Crippen LogP contribution in [0.3, 0.4) is 0 Å². The van der Waals surface area contributed by atoms with Gasteiger partial charge in [0.15, 0.2) is 0 Å². The second kappa shape index (κ2) is 6.74. The average molecular weight is 282 g/mol. The maximum atomic E-state index is 11.9. The van der Waals surface area contributed by atoms with Crippen molar-refractivity contribution < 1.29 is 9.90 Å². The Morgan fingerprint density at radius 3 is 2.65 bits per heavy atom. The summed E-state index contributed by atoms with van der Waals surface area (Å²) in [4.78, 5) is 11.9. The quantitative estimate of drug-likeness (QED) is 0.746. The molecule has 114 valence electrons. The molecule has 0 aliphatic rings. The van der Waals surface area contributed by atoms with E-state index < -0.39 is 5.54 Å². The fourth-order valence-electron chi connectivity index (χ4n) is 1.89. The van der Waals surface area contributed by atoms with Crippen molar-refractivity contribution in [1.82, 2.24) is 15.1 Å². The van der Waals surface area contributed by atoms with Gasteiger partial charge in [-0.1, -0.05) is 20.8 Å². The minimum atomic E-state index is -0.648. The molecule has 0 aromatic carbocycles. The van der Waals surface area contributed by atoms with Crippen molar-refractivity contribution in [3.63, 3.8) is 0 Å². The summed E-state index contributed by atoms with van der Waals surface area (Å²) in [5, 5.41) is 19.0. The first-order chi connectivity index (χ1) is 9.29. The summed E-state index contributed by atoms with van der Waals surface area (Å²) in [6, 6.07) is -0.331. The smallest absolute Gasteiger partial charge is 0.319 e. The largest absolute Gasteiger partial charge is 0.394 e. The van der Waals surface area contributed by atoms with Gasteiger partial charge in [-0.15, -0.1) is 0 Å². The highest BCUT2D eigenvalue weighted by Crippen LogP contribution is 2.17. The number of rotatable bonds is 6. The van der Waals surface area contributed by atoms with Gasteiger partial charge in [-0.2, -0.15) is 5.10 Å². The third-order valence-electron chi connectivity index (χ3n) is 2.92. The predicted molar refractivity (Wildman–Crippen MR) is 79.8 cm³/mol. The van der Waals surface area contributed by atoms with Crippen molar-refractivity contribution >= 4 is 11.7 Å². The van der Waals surface area contributed by atoms with E-state index in [2.05, 4.69) is 29.6 Å². The number of urea groups is 1. The Morgan fingerprint density at radius 1 is 1.50 bits per heavy atom. The molecule has 6 heteroatoms. The Bertz CT molecular complexity index is 452. The third kappa shape index (κ3) is 4.52. The number of carbonyl (C=O) groups is 1.